The predicted octanol–water partition coefficient (Wildman–Crippen LogP) is 4.16. The van der Waals surface area contributed by atoms with E-state index in [1.54, 1.807) is 14.2 Å². The van der Waals surface area contributed by atoms with E-state index in [2.05, 4.69) is 21.0 Å². The third-order valence-electron chi connectivity index (χ3n) is 4.21. The molecule has 130 valence electrons. The summed E-state index contributed by atoms with van der Waals surface area (Å²) in [5.41, 5.74) is 2.75. The fraction of sp³-hybridized carbons (Fsp3) is 0.263. The first-order chi connectivity index (χ1) is 12.0. The van der Waals surface area contributed by atoms with Gasteiger partial charge in [-0.15, -0.1) is 0 Å². The Morgan fingerprint density at radius 2 is 1.88 bits per heavy atom. The Morgan fingerprint density at radius 1 is 1.16 bits per heavy atom. The normalized spacial score (nSPS) is 16.6. The van der Waals surface area contributed by atoms with Gasteiger partial charge in [-0.25, -0.2) is 5.01 Å². The van der Waals surface area contributed by atoms with Crippen LogP contribution >= 0.6 is 15.9 Å². The lowest BCUT2D eigenvalue weighted by Gasteiger charge is -2.22. The Kier molecular flexibility index (Phi) is 5.08. The molecule has 0 aliphatic carbocycles. The maximum atomic E-state index is 12.2. The second-order valence-corrected chi connectivity index (χ2v) is 6.66. The molecule has 0 unspecified atom stereocenters. The number of halogens is 1. The molecular weight excluding hydrogens is 384 g/mol. The van der Waals surface area contributed by atoms with E-state index in [0.717, 1.165) is 27.1 Å². The van der Waals surface area contributed by atoms with Crippen LogP contribution in [0.2, 0.25) is 0 Å². The van der Waals surface area contributed by atoms with Crippen molar-refractivity contribution in [3.8, 4) is 11.5 Å². The number of benzene rings is 2. The van der Waals surface area contributed by atoms with Crippen LogP contribution in [0, 0.1) is 0 Å². The Balaban J connectivity index is 2.00. The molecule has 1 atom stereocenters. The molecule has 25 heavy (non-hydrogen) atoms. The number of methoxy groups -OCH3 is 2. The molecule has 0 saturated heterocycles. The van der Waals surface area contributed by atoms with Crippen molar-refractivity contribution < 1.29 is 14.3 Å². The molecule has 2 aromatic rings. The van der Waals surface area contributed by atoms with Gasteiger partial charge >= 0.3 is 0 Å². The molecule has 1 heterocycles. The lowest BCUT2D eigenvalue weighted by atomic mass is 9.97. The first-order valence-electron chi connectivity index (χ1n) is 7.88. The monoisotopic (exact) mass is 402 g/mol. The predicted molar refractivity (Wildman–Crippen MR) is 100 cm³/mol. The van der Waals surface area contributed by atoms with E-state index in [0.29, 0.717) is 12.2 Å². The smallest absolute Gasteiger partial charge is 0.240 e. The summed E-state index contributed by atoms with van der Waals surface area (Å²) >= 11 is 3.44. The molecule has 0 radical (unpaired) electrons. The highest BCUT2D eigenvalue weighted by Gasteiger charge is 2.33. The average Bonchev–Trinajstić information content (AvgIpc) is 3.07. The Labute approximate surface area is 155 Å². The highest BCUT2D eigenvalue weighted by Crippen LogP contribution is 2.39. The standard InChI is InChI=1S/C19H19BrN2O3/c1-12(23)22-18(16-10-15(24-2)8-9-19(16)25-3)11-17(21-22)13-4-6-14(20)7-5-13/h4-10,18H,11H2,1-3H3/t18-/m1/s1. The molecule has 6 heteroatoms. The molecule has 1 aliphatic rings. The Bertz CT molecular complexity index is 818. The molecule has 0 spiro atoms. The zero-order valence-corrected chi connectivity index (χ0v) is 15.9. The fourth-order valence-electron chi connectivity index (χ4n) is 2.96. The molecule has 0 aromatic heterocycles. The van der Waals surface area contributed by atoms with Crippen molar-refractivity contribution in [1.29, 1.82) is 0 Å². The van der Waals surface area contributed by atoms with Gasteiger partial charge in [0.2, 0.25) is 5.91 Å². The topological polar surface area (TPSA) is 51.1 Å². The molecule has 5 nitrogen and oxygen atoms in total. The zero-order valence-electron chi connectivity index (χ0n) is 14.3. The number of hydrogen-bond acceptors (Lipinski definition) is 4. The van der Waals surface area contributed by atoms with Gasteiger partial charge in [-0.1, -0.05) is 28.1 Å². The van der Waals surface area contributed by atoms with Gasteiger partial charge in [0, 0.05) is 23.4 Å². The van der Waals surface area contributed by atoms with Crippen LogP contribution in [0.5, 0.6) is 11.5 Å². The van der Waals surface area contributed by atoms with Crippen molar-refractivity contribution in [3.63, 3.8) is 0 Å². The van der Waals surface area contributed by atoms with E-state index < -0.39 is 0 Å². The van der Waals surface area contributed by atoms with Gasteiger partial charge in [0.15, 0.2) is 0 Å². The summed E-state index contributed by atoms with van der Waals surface area (Å²) in [6.07, 6.45) is 0.616. The zero-order chi connectivity index (χ0) is 18.0. The number of ether oxygens (including phenoxy) is 2. The first-order valence-corrected chi connectivity index (χ1v) is 8.68. The molecule has 1 amide bonds. The van der Waals surface area contributed by atoms with Crippen LogP contribution in [-0.4, -0.2) is 30.8 Å². The van der Waals surface area contributed by atoms with Gasteiger partial charge in [-0.2, -0.15) is 5.10 Å². The van der Waals surface area contributed by atoms with E-state index in [1.807, 2.05) is 42.5 Å². The van der Waals surface area contributed by atoms with Crippen LogP contribution in [0.1, 0.15) is 30.5 Å². The molecule has 0 saturated carbocycles. The van der Waals surface area contributed by atoms with Crippen LogP contribution in [0.3, 0.4) is 0 Å². The van der Waals surface area contributed by atoms with Crippen molar-refractivity contribution in [3.05, 3.63) is 58.1 Å². The summed E-state index contributed by atoms with van der Waals surface area (Å²) < 4.78 is 11.8. The number of amides is 1. The van der Waals surface area contributed by atoms with Crippen LogP contribution in [0.15, 0.2) is 52.0 Å². The van der Waals surface area contributed by atoms with Crippen molar-refractivity contribution in [2.24, 2.45) is 5.10 Å². The van der Waals surface area contributed by atoms with Gasteiger partial charge < -0.3 is 9.47 Å². The third kappa shape index (κ3) is 3.54. The summed E-state index contributed by atoms with van der Waals surface area (Å²) in [5.74, 6) is 1.32. The van der Waals surface area contributed by atoms with E-state index in [4.69, 9.17) is 9.47 Å². The average molecular weight is 403 g/mol. The van der Waals surface area contributed by atoms with Gasteiger partial charge in [0.25, 0.3) is 0 Å². The first kappa shape index (κ1) is 17.5. The van der Waals surface area contributed by atoms with Gasteiger partial charge in [0.05, 0.1) is 26.0 Å². The largest absolute Gasteiger partial charge is 0.497 e. The van der Waals surface area contributed by atoms with Crippen LogP contribution in [0.25, 0.3) is 0 Å². The number of hydrogen-bond donors (Lipinski definition) is 0. The molecular formula is C19H19BrN2O3. The van der Waals surface area contributed by atoms with E-state index in [-0.39, 0.29) is 11.9 Å². The number of carbonyl (C=O) groups excluding carboxylic acids is 1. The molecule has 0 fully saturated rings. The Morgan fingerprint density at radius 3 is 2.48 bits per heavy atom. The van der Waals surface area contributed by atoms with E-state index >= 15 is 0 Å². The second-order valence-electron chi connectivity index (χ2n) is 5.74. The third-order valence-corrected chi connectivity index (χ3v) is 4.73. The number of rotatable bonds is 4. The van der Waals surface area contributed by atoms with Crippen molar-refractivity contribution in [2.75, 3.05) is 14.2 Å². The summed E-state index contributed by atoms with van der Waals surface area (Å²) in [6.45, 7) is 1.52. The van der Waals surface area contributed by atoms with Gasteiger partial charge in [-0.05, 0) is 35.9 Å². The lowest BCUT2D eigenvalue weighted by molar-refractivity contribution is -0.130. The molecule has 1 aliphatic heterocycles. The number of carbonyl (C=O) groups is 1. The summed E-state index contributed by atoms with van der Waals surface area (Å²) in [5, 5.41) is 6.09. The lowest BCUT2D eigenvalue weighted by Crippen LogP contribution is -2.24. The number of nitrogens with zero attached hydrogens (tertiary/aromatic N) is 2. The highest BCUT2D eigenvalue weighted by molar-refractivity contribution is 9.10. The van der Waals surface area contributed by atoms with Crippen molar-refractivity contribution in [2.45, 2.75) is 19.4 Å². The Hall–Kier alpha value is -2.34. The maximum absolute atomic E-state index is 12.2. The van der Waals surface area contributed by atoms with E-state index in [1.165, 1.54) is 11.9 Å². The summed E-state index contributed by atoms with van der Waals surface area (Å²) in [7, 11) is 3.24. The number of hydrazone groups is 1. The molecule has 3 rings (SSSR count). The molecule has 0 bridgehead atoms. The highest BCUT2D eigenvalue weighted by atomic mass is 79.9. The molecule has 0 N–H and O–H groups in total. The van der Waals surface area contributed by atoms with Crippen LogP contribution in [0.4, 0.5) is 0 Å². The minimum absolute atomic E-state index is 0.109. The minimum Gasteiger partial charge on any atom is -0.497 e. The second kappa shape index (κ2) is 7.27. The maximum Gasteiger partial charge on any atom is 0.240 e. The van der Waals surface area contributed by atoms with Crippen molar-refractivity contribution in [1.82, 2.24) is 5.01 Å². The quantitative estimate of drug-likeness (QED) is 0.770. The SMILES string of the molecule is COc1ccc(OC)c([C@H]2CC(c3ccc(Br)cc3)=NN2C(C)=O)c1. The summed E-state index contributed by atoms with van der Waals surface area (Å²) in [6, 6.07) is 13.3. The van der Waals surface area contributed by atoms with Crippen molar-refractivity contribution >= 4 is 27.5 Å². The van der Waals surface area contributed by atoms with Crippen LogP contribution < -0.4 is 9.47 Å². The van der Waals surface area contributed by atoms with E-state index in [9.17, 15) is 4.79 Å². The fourth-order valence-corrected chi connectivity index (χ4v) is 3.22. The minimum atomic E-state index is -0.221. The molecule has 2 aromatic carbocycles. The van der Waals surface area contributed by atoms with Crippen LogP contribution in [-0.2, 0) is 4.79 Å². The summed E-state index contributed by atoms with van der Waals surface area (Å²) in [4.78, 5) is 12.2. The van der Waals surface area contributed by atoms with Gasteiger partial charge in [0.1, 0.15) is 11.5 Å². The van der Waals surface area contributed by atoms with Gasteiger partial charge in [-0.3, -0.25) is 4.79 Å².